The van der Waals surface area contributed by atoms with Crippen LogP contribution in [0.25, 0.3) is 5.69 Å². The van der Waals surface area contributed by atoms with Gasteiger partial charge in [0.05, 0.1) is 11.9 Å². The van der Waals surface area contributed by atoms with Crippen LogP contribution in [0, 0.1) is 0 Å². The molecule has 130 valence electrons. The zero-order chi connectivity index (χ0) is 16.2. The van der Waals surface area contributed by atoms with E-state index in [-0.39, 0.29) is 35.8 Å². The molecule has 0 spiro atoms. The van der Waals surface area contributed by atoms with Crippen molar-refractivity contribution in [2.24, 2.45) is 0 Å². The molecule has 1 atom stereocenters. The highest BCUT2D eigenvalue weighted by atomic mass is 35.5. The number of amides is 1. The molecule has 24 heavy (non-hydrogen) atoms. The zero-order valence-electron chi connectivity index (χ0n) is 13.7. The Labute approximate surface area is 147 Å². The lowest BCUT2D eigenvalue weighted by atomic mass is 10.2. The minimum Gasteiger partial charge on any atom is -0.504 e. The van der Waals surface area contributed by atoms with Gasteiger partial charge < -0.3 is 15.3 Å². The number of para-hydroxylation sites is 1. The van der Waals surface area contributed by atoms with Gasteiger partial charge in [-0.2, -0.15) is 5.10 Å². The van der Waals surface area contributed by atoms with Crippen LogP contribution in [0.4, 0.5) is 0 Å². The van der Waals surface area contributed by atoms with Crippen LogP contribution in [-0.4, -0.2) is 51.4 Å². The van der Waals surface area contributed by atoms with Crippen molar-refractivity contribution >= 4 is 18.3 Å². The maximum atomic E-state index is 12.8. The summed E-state index contributed by atoms with van der Waals surface area (Å²) in [6, 6.07) is 9.63. The van der Waals surface area contributed by atoms with E-state index in [0.717, 1.165) is 31.6 Å². The summed E-state index contributed by atoms with van der Waals surface area (Å²) in [5, 5.41) is 17.8. The molecule has 7 heteroatoms. The third kappa shape index (κ3) is 3.71. The molecule has 1 aromatic heterocycles. The minimum atomic E-state index is -0.201. The molecule has 1 amide bonds. The topological polar surface area (TPSA) is 70.4 Å². The quantitative estimate of drug-likeness (QED) is 0.867. The monoisotopic (exact) mass is 350 g/mol. The number of halogens is 1. The van der Waals surface area contributed by atoms with Crippen molar-refractivity contribution in [2.75, 3.05) is 19.6 Å². The fraction of sp³-hybridized carbons (Fsp3) is 0.412. The molecule has 1 unspecified atom stereocenters. The molecule has 0 radical (unpaired) electrons. The van der Waals surface area contributed by atoms with Crippen LogP contribution in [0.3, 0.4) is 0 Å². The maximum absolute atomic E-state index is 12.8. The second kappa shape index (κ2) is 8.17. The van der Waals surface area contributed by atoms with Crippen LogP contribution in [-0.2, 0) is 0 Å². The molecule has 2 N–H and O–H groups in total. The average molecular weight is 351 g/mol. The number of rotatable bonds is 5. The second-order valence-corrected chi connectivity index (χ2v) is 5.79. The molecule has 1 aromatic carbocycles. The van der Waals surface area contributed by atoms with Crippen LogP contribution in [0.1, 0.15) is 30.3 Å². The van der Waals surface area contributed by atoms with Gasteiger partial charge in [-0.15, -0.1) is 12.4 Å². The van der Waals surface area contributed by atoms with Crippen molar-refractivity contribution in [1.29, 1.82) is 0 Å². The Balaban J connectivity index is 0.00000208. The molecule has 1 fully saturated rings. The number of aromatic hydroxyl groups is 1. The largest absolute Gasteiger partial charge is 0.504 e. The highest BCUT2D eigenvalue weighted by Crippen LogP contribution is 2.22. The first-order valence-corrected chi connectivity index (χ1v) is 8.06. The molecular formula is C17H23ClN4O2. The second-order valence-electron chi connectivity index (χ2n) is 5.79. The first-order chi connectivity index (χ1) is 11.2. The molecule has 1 aliphatic rings. The fourth-order valence-corrected chi connectivity index (χ4v) is 2.96. The highest BCUT2D eigenvalue weighted by Gasteiger charge is 2.30. The Morgan fingerprint density at radius 2 is 2.17 bits per heavy atom. The molecule has 2 aromatic rings. The number of aromatic nitrogens is 2. The standard InChI is InChI=1S/C17H22N4O2.ClH/c1-2-10-20(14-8-9-18-11-14)17(23)16-15(22)12-21(19-16)13-6-4-3-5-7-13;/h3-7,12,14,18,22H,2,8-11H2,1H3;1H. The number of nitrogens with one attached hydrogen (secondary N) is 1. The number of carbonyl (C=O) groups excluding carboxylic acids is 1. The Morgan fingerprint density at radius 3 is 2.79 bits per heavy atom. The van der Waals surface area contributed by atoms with E-state index in [2.05, 4.69) is 10.4 Å². The van der Waals surface area contributed by atoms with Crippen molar-refractivity contribution in [1.82, 2.24) is 20.0 Å². The Bertz CT molecular complexity index is 668. The van der Waals surface area contributed by atoms with Crippen molar-refractivity contribution in [3.63, 3.8) is 0 Å². The molecule has 1 aliphatic heterocycles. The van der Waals surface area contributed by atoms with Gasteiger partial charge in [0.25, 0.3) is 5.91 Å². The van der Waals surface area contributed by atoms with E-state index in [1.54, 1.807) is 4.68 Å². The van der Waals surface area contributed by atoms with Gasteiger partial charge in [-0.25, -0.2) is 4.68 Å². The van der Waals surface area contributed by atoms with Gasteiger partial charge in [0.1, 0.15) is 0 Å². The zero-order valence-corrected chi connectivity index (χ0v) is 14.5. The Kier molecular flexibility index (Phi) is 6.23. The molecule has 0 saturated carbocycles. The van der Waals surface area contributed by atoms with Crippen LogP contribution < -0.4 is 5.32 Å². The number of benzene rings is 1. The Hall–Kier alpha value is -2.05. The number of hydrogen-bond acceptors (Lipinski definition) is 4. The molecule has 0 aliphatic carbocycles. The first kappa shape index (κ1) is 18.3. The van der Waals surface area contributed by atoms with E-state index < -0.39 is 0 Å². The lowest BCUT2D eigenvalue weighted by Crippen LogP contribution is -2.42. The average Bonchev–Trinajstić information content (AvgIpc) is 3.22. The molecular weight excluding hydrogens is 328 g/mol. The van der Waals surface area contributed by atoms with Crippen LogP contribution in [0.5, 0.6) is 5.75 Å². The predicted octanol–water partition coefficient (Wildman–Crippen LogP) is 2.21. The number of nitrogens with zero attached hydrogens (tertiary/aromatic N) is 3. The summed E-state index contributed by atoms with van der Waals surface area (Å²) in [7, 11) is 0. The van der Waals surface area contributed by atoms with Crippen molar-refractivity contribution in [2.45, 2.75) is 25.8 Å². The van der Waals surface area contributed by atoms with Gasteiger partial charge >= 0.3 is 0 Å². The van der Waals surface area contributed by atoms with E-state index in [0.29, 0.717) is 6.54 Å². The lowest BCUT2D eigenvalue weighted by molar-refractivity contribution is 0.0682. The predicted molar refractivity (Wildman–Crippen MR) is 95.1 cm³/mol. The molecule has 3 rings (SSSR count). The summed E-state index contributed by atoms with van der Waals surface area (Å²) in [6.07, 6.45) is 3.30. The van der Waals surface area contributed by atoms with Crippen LogP contribution in [0.2, 0.25) is 0 Å². The number of hydrogen-bond donors (Lipinski definition) is 2. The SMILES string of the molecule is CCCN(C(=O)c1nn(-c2ccccc2)cc1O)C1CCNC1.Cl. The van der Waals surface area contributed by atoms with Gasteiger partial charge in [-0.1, -0.05) is 25.1 Å². The highest BCUT2D eigenvalue weighted by molar-refractivity contribution is 5.95. The number of carbonyl (C=O) groups is 1. The third-order valence-electron chi connectivity index (χ3n) is 4.12. The van der Waals surface area contributed by atoms with E-state index >= 15 is 0 Å². The van der Waals surface area contributed by atoms with Gasteiger partial charge in [-0.3, -0.25) is 4.79 Å². The molecule has 2 heterocycles. The maximum Gasteiger partial charge on any atom is 0.278 e. The van der Waals surface area contributed by atoms with Crippen LogP contribution in [0.15, 0.2) is 36.5 Å². The van der Waals surface area contributed by atoms with Crippen molar-refractivity contribution in [3.8, 4) is 11.4 Å². The van der Waals surface area contributed by atoms with Crippen molar-refractivity contribution in [3.05, 3.63) is 42.2 Å². The molecule has 6 nitrogen and oxygen atoms in total. The van der Waals surface area contributed by atoms with E-state index in [4.69, 9.17) is 0 Å². The van der Waals surface area contributed by atoms with Gasteiger partial charge in [0.2, 0.25) is 0 Å². The van der Waals surface area contributed by atoms with Gasteiger partial charge in [0.15, 0.2) is 11.4 Å². The fourth-order valence-electron chi connectivity index (χ4n) is 2.96. The summed E-state index contributed by atoms with van der Waals surface area (Å²) >= 11 is 0. The molecule has 1 saturated heterocycles. The summed E-state index contributed by atoms with van der Waals surface area (Å²) in [6.45, 7) is 4.43. The van der Waals surface area contributed by atoms with Gasteiger partial charge in [-0.05, 0) is 31.5 Å². The van der Waals surface area contributed by atoms with Gasteiger partial charge in [0, 0.05) is 19.1 Å². The minimum absolute atomic E-state index is 0. The summed E-state index contributed by atoms with van der Waals surface area (Å²) in [5.41, 5.74) is 0.931. The lowest BCUT2D eigenvalue weighted by Gasteiger charge is -2.27. The van der Waals surface area contributed by atoms with Crippen molar-refractivity contribution < 1.29 is 9.90 Å². The van der Waals surface area contributed by atoms with Crippen LogP contribution >= 0.6 is 12.4 Å². The smallest absolute Gasteiger partial charge is 0.278 e. The van der Waals surface area contributed by atoms with E-state index in [9.17, 15) is 9.90 Å². The summed E-state index contributed by atoms with van der Waals surface area (Å²) in [4.78, 5) is 14.7. The first-order valence-electron chi connectivity index (χ1n) is 8.06. The van der Waals surface area contributed by atoms with E-state index in [1.807, 2.05) is 42.2 Å². The third-order valence-corrected chi connectivity index (χ3v) is 4.12. The summed E-state index contributed by atoms with van der Waals surface area (Å²) in [5.74, 6) is -0.279. The summed E-state index contributed by atoms with van der Waals surface area (Å²) < 4.78 is 1.54. The normalized spacial score (nSPS) is 16.6. The Morgan fingerprint density at radius 1 is 1.42 bits per heavy atom. The molecule has 0 bridgehead atoms. The van der Waals surface area contributed by atoms with E-state index in [1.165, 1.54) is 6.20 Å².